The van der Waals surface area contributed by atoms with Crippen molar-refractivity contribution in [2.75, 3.05) is 11.4 Å². The maximum absolute atomic E-state index is 13.5. The molecule has 0 radical (unpaired) electrons. The molecule has 33 heavy (non-hydrogen) atoms. The third-order valence-corrected chi connectivity index (χ3v) is 6.67. The van der Waals surface area contributed by atoms with Crippen LogP contribution in [-0.2, 0) is 6.42 Å². The number of aromatic nitrogens is 4. The molecular weight excluding hydrogens is 434 g/mol. The van der Waals surface area contributed by atoms with Crippen molar-refractivity contribution in [3.05, 3.63) is 83.1 Å². The first kappa shape index (κ1) is 19.6. The number of amides is 1. The monoisotopic (exact) mass is 453 g/mol. The van der Waals surface area contributed by atoms with E-state index in [0.29, 0.717) is 24.5 Å². The van der Waals surface area contributed by atoms with Gasteiger partial charge in [-0.15, -0.1) is 11.3 Å². The Labute approximate surface area is 193 Å². The lowest BCUT2D eigenvalue weighted by molar-refractivity contribution is 0.0975. The minimum atomic E-state index is -0.159. The summed E-state index contributed by atoms with van der Waals surface area (Å²) in [7, 11) is 0. The molecule has 1 N–H and O–H groups in total. The van der Waals surface area contributed by atoms with E-state index in [0.717, 1.165) is 38.4 Å². The fourth-order valence-electron chi connectivity index (χ4n) is 4.30. The highest BCUT2D eigenvalue weighted by atomic mass is 32.1. The molecule has 0 saturated carbocycles. The summed E-state index contributed by atoms with van der Waals surface area (Å²) in [6.07, 6.45) is 0.657. The highest BCUT2D eigenvalue weighted by molar-refractivity contribution is 7.16. The largest absolute Gasteiger partial charge is 0.508 e. The van der Waals surface area contributed by atoms with Gasteiger partial charge < -0.3 is 10.0 Å². The Balaban J connectivity index is 1.54. The van der Waals surface area contributed by atoms with Gasteiger partial charge >= 0.3 is 0 Å². The minimum absolute atomic E-state index is 0.159. The van der Waals surface area contributed by atoms with Crippen LogP contribution in [0.15, 0.2) is 66.2 Å². The summed E-state index contributed by atoms with van der Waals surface area (Å²) in [6, 6.07) is 18.6. The number of carbonyl (C=O) groups is 1. The van der Waals surface area contributed by atoms with Crippen LogP contribution < -0.4 is 4.90 Å². The lowest BCUT2D eigenvalue weighted by Gasteiger charge is -2.26. The summed E-state index contributed by atoms with van der Waals surface area (Å²) in [5.41, 5.74) is 7.61. The molecule has 0 atom stereocenters. The van der Waals surface area contributed by atoms with Crippen LogP contribution in [0.4, 0.5) is 5.69 Å². The number of fused-ring (bicyclic) bond motifs is 2. The van der Waals surface area contributed by atoms with E-state index < -0.39 is 0 Å². The third kappa shape index (κ3) is 3.27. The fraction of sp³-hybridized carbons (Fsp3) is 0.120. The molecule has 8 heteroatoms. The summed E-state index contributed by atoms with van der Waals surface area (Å²) in [4.78, 5) is 24.3. The lowest BCUT2D eigenvalue weighted by atomic mass is 9.98. The van der Waals surface area contributed by atoms with Crippen LogP contribution >= 0.6 is 11.3 Å². The van der Waals surface area contributed by atoms with Crippen molar-refractivity contribution in [3.63, 3.8) is 0 Å². The summed E-state index contributed by atoms with van der Waals surface area (Å²) < 4.78 is 2.87. The number of aryl methyl sites for hydroxylation is 1. The Morgan fingerprint density at radius 2 is 1.91 bits per heavy atom. The fourth-order valence-corrected chi connectivity index (χ4v) is 5.02. The van der Waals surface area contributed by atoms with Gasteiger partial charge in [0.05, 0.1) is 21.4 Å². The van der Waals surface area contributed by atoms with Crippen LogP contribution in [0, 0.1) is 6.92 Å². The second-order valence-corrected chi connectivity index (χ2v) is 8.87. The van der Waals surface area contributed by atoms with Crippen molar-refractivity contribution in [1.29, 1.82) is 0 Å². The molecule has 4 heterocycles. The van der Waals surface area contributed by atoms with Gasteiger partial charge in [-0.05, 0) is 61.9 Å². The molecule has 1 aliphatic heterocycles. The van der Waals surface area contributed by atoms with E-state index in [1.807, 2.05) is 42.8 Å². The number of pyridine rings is 1. The summed E-state index contributed by atoms with van der Waals surface area (Å²) in [5, 5.41) is 14.4. The number of hydrogen-bond acceptors (Lipinski definition) is 6. The van der Waals surface area contributed by atoms with Crippen LogP contribution in [0.2, 0.25) is 0 Å². The Morgan fingerprint density at radius 1 is 1.06 bits per heavy atom. The molecule has 0 saturated heterocycles. The number of phenolic OH excluding ortho intramolecular Hbond substituents is 1. The van der Waals surface area contributed by atoms with E-state index in [-0.39, 0.29) is 11.7 Å². The second-order valence-electron chi connectivity index (χ2n) is 7.98. The SMILES string of the molecule is Cc1cccc(-n2nc3c(c2-c2ccc4ncsc4c2)CCN(c2ccc(O)cc2)C3=O)n1. The molecule has 2 aromatic carbocycles. The van der Waals surface area contributed by atoms with Crippen LogP contribution in [0.3, 0.4) is 0 Å². The zero-order chi connectivity index (χ0) is 22.5. The number of phenols is 1. The van der Waals surface area contributed by atoms with Gasteiger partial charge in [-0.2, -0.15) is 5.10 Å². The molecule has 0 bridgehead atoms. The Kier molecular flexibility index (Phi) is 4.48. The minimum Gasteiger partial charge on any atom is -0.508 e. The average molecular weight is 454 g/mol. The van der Waals surface area contributed by atoms with Crippen molar-refractivity contribution >= 4 is 33.1 Å². The molecule has 7 nitrogen and oxygen atoms in total. The van der Waals surface area contributed by atoms with E-state index >= 15 is 0 Å². The quantitative estimate of drug-likeness (QED) is 0.426. The molecule has 1 aliphatic rings. The van der Waals surface area contributed by atoms with Crippen molar-refractivity contribution < 1.29 is 9.90 Å². The first-order chi connectivity index (χ1) is 16.1. The van der Waals surface area contributed by atoms with Gasteiger partial charge in [0.25, 0.3) is 5.91 Å². The van der Waals surface area contributed by atoms with Crippen LogP contribution in [0.25, 0.3) is 27.3 Å². The van der Waals surface area contributed by atoms with Crippen molar-refractivity contribution in [2.24, 2.45) is 0 Å². The van der Waals surface area contributed by atoms with Crippen LogP contribution in [-0.4, -0.2) is 37.3 Å². The lowest BCUT2D eigenvalue weighted by Crippen LogP contribution is -2.37. The third-order valence-electron chi connectivity index (χ3n) is 5.87. The first-order valence-electron chi connectivity index (χ1n) is 10.6. The Hall–Kier alpha value is -4.04. The smallest absolute Gasteiger partial charge is 0.279 e. The number of benzene rings is 2. The highest BCUT2D eigenvalue weighted by Gasteiger charge is 2.33. The van der Waals surface area contributed by atoms with Gasteiger partial charge in [0.15, 0.2) is 11.5 Å². The standard InChI is InChI=1S/C25H19N5O2S/c1-15-3-2-4-22(27-15)30-24(16-5-10-20-21(13-16)33-14-26-20)19-11-12-29(25(32)23(19)28-30)17-6-8-18(31)9-7-17/h2-10,13-14,31H,11-12H2,1H3. The first-order valence-corrected chi connectivity index (χ1v) is 11.5. The van der Waals surface area contributed by atoms with E-state index in [9.17, 15) is 9.90 Å². The number of aromatic hydroxyl groups is 1. The zero-order valence-corrected chi connectivity index (χ0v) is 18.6. The number of thiazole rings is 1. The molecule has 1 amide bonds. The molecule has 3 aromatic heterocycles. The number of anilines is 1. The molecule has 0 unspecified atom stereocenters. The van der Waals surface area contributed by atoms with Crippen molar-refractivity contribution in [3.8, 4) is 22.8 Å². The normalized spacial score (nSPS) is 13.5. The second kappa shape index (κ2) is 7.53. The summed E-state index contributed by atoms with van der Waals surface area (Å²) >= 11 is 1.59. The predicted octanol–water partition coefficient (Wildman–Crippen LogP) is 4.76. The van der Waals surface area contributed by atoms with E-state index in [1.165, 1.54) is 0 Å². The van der Waals surface area contributed by atoms with Gasteiger partial charge in [-0.1, -0.05) is 12.1 Å². The van der Waals surface area contributed by atoms with Gasteiger partial charge in [-0.25, -0.2) is 14.6 Å². The van der Waals surface area contributed by atoms with E-state index in [1.54, 1.807) is 45.2 Å². The predicted molar refractivity (Wildman–Crippen MR) is 128 cm³/mol. The highest BCUT2D eigenvalue weighted by Crippen LogP contribution is 2.35. The van der Waals surface area contributed by atoms with Gasteiger partial charge in [0.2, 0.25) is 0 Å². The molecule has 6 rings (SSSR count). The Bertz CT molecular complexity index is 1520. The van der Waals surface area contributed by atoms with E-state index in [4.69, 9.17) is 5.10 Å². The maximum atomic E-state index is 13.5. The van der Waals surface area contributed by atoms with Gasteiger partial charge in [0.1, 0.15) is 5.75 Å². The number of nitrogens with zero attached hydrogens (tertiary/aromatic N) is 5. The zero-order valence-electron chi connectivity index (χ0n) is 17.8. The molecule has 0 spiro atoms. The average Bonchev–Trinajstić information content (AvgIpc) is 3.44. The number of carbonyl (C=O) groups excluding carboxylic acids is 1. The van der Waals surface area contributed by atoms with Crippen molar-refractivity contribution in [1.82, 2.24) is 19.7 Å². The number of hydrogen-bond donors (Lipinski definition) is 1. The molecule has 0 aliphatic carbocycles. The van der Waals surface area contributed by atoms with Gasteiger partial charge in [0, 0.05) is 29.1 Å². The molecule has 5 aromatic rings. The van der Waals surface area contributed by atoms with Gasteiger partial charge in [-0.3, -0.25) is 4.79 Å². The van der Waals surface area contributed by atoms with Crippen LogP contribution in [0.5, 0.6) is 5.75 Å². The van der Waals surface area contributed by atoms with Crippen molar-refractivity contribution in [2.45, 2.75) is 13.3 Å². The molecule has 162 valence electrons. The maximum Gasteiger partial charge on any atom is 0.279 e. The van der Waals surface area contributed by atoms with E-state index in [2.05, 4.69) is 16.0 Å². The summed E-state index contributed by atoms with van der Waals surface area (Å²) in [6.45, 7) is 2.47. The summed E-state index contributed by atoms with van der Waals surface area (Å²) in [5.74, 6) is 0.681. The number of rotatable bonds is 3. The topological polar surface area (TPSA) is 84.1 Å². The van der Waals surface area contributed by atoms with Crippen LogP contribution in [0.1, 0.15) is 21.7 Å². The Morgan fingerprint density at radius 3 is 2.73 bits per heavy atom. The molecular formula is C25H19N5O2S. The molecule has 0 fully saturated rings.